The molecule has 0 unspecified atom stereocenters. The molecule has 0 spiro atoms. The second-order valence-electron chi connectivity index (χ2n) is 3.62. The minimum Gasteiger partial charge on any atom is -0.405 e. The first-order valence-electron chi connectivity index (χ1n) is 4.39. The van der Waals surface area contributed by atoms with Crippen LogP contribution in [-0.4, -0.2) is 41.4 Å². The molecule has 1 N–H and O–H groups in total. The van der Waals surface area contributed by atoms with Crippen LogP contribution < -0.4 is 0 Å². The summed E-state index contributed by atoms with van der Waals surface area (Å²) in [6, 6.07) is 3.27. The Labute approximate surface area is 109 Å². The Morgan fingerprint density at radius 2 is 1.65 bits per heavy atom. The van der Waals surface area contributed by atoms with Crippen molar-refractivity contribution in [3.8, 4) is 0 Å². The van der Waals surface area contributed by atoms with E-state index in [1.54, 1.807) is 0 Å². The lowest BCUT2D eigenvalue weighted by molar-refractivity contribution is -0.385. The number of nitro groups is 1. The number of nitro benzene ring substituents is 1. The molecule has 9 heteroatoms. The van der Waals surface area contributed by atoms with Gasteiger partial charge in [-0.25, -0.2) is 0 Å². The van der Waals surface area contributed by atoms with Crippen molar-refractivity contribution in [2.24, 2.45) is 0 Å². The molecule has 1 rings (SSSR count). The fourth-order valence-corrected chi connectivity index (χ4v) is 1.28. The van der Waals surface area contributed by atoms with Gasteiger partial charge in [0.25, 0.3) is 5.69 Å². The fraction of sp³-hybridized carbons (Fsp3) is 0.250. The lowest BCUT2D eigenvalue weighted by Gasteiger charge is -2.23. The van der Waals surface area contributed by atoms with Crippen molar-refractivity contribution in [1.29, 1.82) is 0 Å². The van der Waals surface area contributed by atoms with Gasteiger partial charge in [-0.05, 0) is 15.8 Å². The topological polar surface area (TPSA) is 63.4 Å². The van der Waals surface area contributed by atoms with E-state index in [0.29, 0.717) is 0 Å². The van der Waals surface area contributed by atoms with Gasteiger partial charge in [-0.3, -0.25) is 10.1 Å². The van der Waals surface area contributed by atoms with Gasteiger partial charge in [0.15, 0.2) is 0 Å². The number of non-ortho nitro benzene ring substituents is 1. The molecule has 4 nitrogen and oxygen atoms in total. The van der Waals surface area contributed by atoms with Gasteiger partial charge in [0, 0.05) is 17.5 Å². The van der Waals surface area contributed by atoms with E-state index in [1.807, 2.05) is 0 Å². The summed E-state index contributed by atoms with van der Waals surface area (Å²) < 4.78 is -1.83. The van der Waals surface area contributed by atoms with Crippen LogP contribution in [0.4, 0.5) is 5.69 Å². The summed E-state index contributed by atoms with van der Waals surface area (Å²) in [6.07, 6.45) is 0. The molecule has 0 fully saturated rings. The molecule has 0 amide bonds. The standard InChI is InChI=1S/C8H4B4ClNO3/c9-7(10,13)4-1-5(8(11,12)15)3-6(2-4)14(16)17/h1-3,15H. The molecule has 0 bridgehead atoms. The zero-order valence-corrected chi connectivity index (χ0v) is 9.39. The SMILES string of the molecule is [B]C([B])(O)c1cc([N+](=O)[O-])cc(C([B])([B])Cl)c1. The van der Waals surface area contributed by atoms with Crippen LogP contribution in [0.1, 0.15) is 11.1 Å². The van der Waals surface area contributed by atoms with Crippen LogP contribution in [-0.2, 0) is 10.1 Å². The smallest absolute Gasteiger partial charge is 0.270 e. The minimum atomic E-state index is -2.25. The van der Waals surface area contributed by atoms with Gasteiger partial charge in [-0.1, -0.05) is 6.07 Å². The highest BCUT2D eigenvalue weighted by atomic mass is 35.5. The van der Waals surface area contributed by atoms with Crippen LogP contribution in [0, 0.1) is 10.1 Å². The average Bonchev–Trinajstić information content (AvgIpc) is 2.14. The summed E-state index contributed by atoms with van der Waals surface area (Å²) in [4.78, 5) is 9.97. The highest BCUT2D eigenvalue weighted by Gasteiger charge is 2.24. The van der Waals surface area contributed by atoms with Crippen LogP contribution in [0.2, 0.25) is 0 Å². The predicted octanol–water partition coefficient (Wildman–Crippen LogP) is -0.280. The first-order valence-corrected chi connectivity index (χ1v) is 4.77. The van der Waals surface area contributed by atoms with Crippen molar-refractivity contribution in [1.82, 2.24) is 0 Å². The zero-order valence-electron chi connectivity index (χ0n) is 8.63. The molecule has 0 aliphatic carbocycles. The second-order valence-corrected chi connectivity index (χ2v) is 4.24. The maximum absolute atomic E-state index is 10.7. The summed E-state index contributed by atoms with van der Waals surface area (Å²) in [5, 5.41) is 17.8. The number of aliphatic hydroxyl groups is 1. The third-order valence-corrected chi connectivity index (χ3v) is 2.25. The van der Waals surface area contributed by atoms with E-state index in [2.05, 4.69) is 0 Å². The number of hydrogen-bond acceptors (Lipinski definition) is 3. The molecule has 0 aliphatic rings. The molecule has 0 saturated carbocycles. The van der Waals surface area contributed by atoms with E-state index in [-0.39, 0.29) is 16.8 Å². The van der Waals surface area contributed by atoms with E-state index in [4.69, 9.17) is 43.0 Å². The lowest BCUT2D eigenvalue weighted by Crippen LogP contribution is -2.27. The molecule has 1 aromatic carbocycles. The molecule has 17 heavy (non-hydrogen) atoms. The Hall–Kier alpha value is -0.870. The lowest BCUT2D eigenvalue weighted by atomic mass is 9.59. The van der Waals surface area contributed by atoms with Crippen LogP contribution in [0.15, 0.2) is 18.2 Å². The normalized spacial score (nSPS) is 12.4. The van der Waals surface area contributed by atoms with Crippen molar-refractivity contribution < 1.29 is 10.0 Å². The third kappa shape index (κ3) is 3.54. The maximum Gasteiger partial charge on any atom is 0.270 e. The van der Waals surface area contributed by atoms with Crippen LogP contribution in [0.5, 0.6) is 0 Å². The Morgan fingerprint density at radius 1 is 1.18 bits per heavy atom. The van der Waals surface area contributed by atoms with Crippen LogP contribution in [0.25, 0.3) is 0 Å². The Bertz CT molecular complexity index is 423. The summed E-state index contributed by atoms with van der Waals surface area (Å²) in [6.45, 7) is 0. The van der Waals surface area contributed by atoms with E-state index < -0.39 is 15.0 Å². The number of rotatable bonds is 3. The Kier molecular flexibility index (Phi) is 3.69. The highest BCUT2D eigenvalue weighted by molar-refractivity contribution is 6.61. The van der Waals surface area contributed by atoms with Crippen LogP contribution >= 0.6 is 11.6 Å². The van der Waals surface area contributed by atoms with Crippen molar-refractivity contribution in [2.45, 2.75) is 10.1 Å². The summed E-state index contributed by atoms with van der Waals surface area (Å²) in [5.41, 5.74) is -0.493. The quantitative estimate of drug-likeness (QED) is 0.342. The van der Waals surface area contributed by atoms with Gasteiger partial charge < -0.3 is 5.11 Å². The van der Waals surface area contributed by atoms with E-state index in [9.17, 15) is 15.2 Å². The van der Waals surface area contributed by atoms with E-state index in [0.717, 1.165) is 12.1 Å². The van der Waals surface area contributed by atoms with Gasteiger partial charge in [-0.15, -0.1) is 11.6 Å². The van der Waals surface area contributed by atoms with Crippen molar-refractivity contribution in [3.63, 3.8) is 0 Å². The maximum atomic E-state index is 10.7. The first kappa shape index (κ1) is 14.2. The first-order chi connectivity index (χ1) is 7.51. The molecular formula is C8H4B4ClNO3. The molecule has 0 saturated heterocycles. The third-order valence-electron chi connectivity index (χ3n) is 2.03. The molecule has 8 radical (unpaired) electrons. The molecule has 0 aliphatic heterocycles. The number of alkyl halides is 1. The highest BCUT2D eigenvalue weighted by Crippen LogP contribution is 2.29. The monoisotopic (exact) mass is 241 g/mol. The van der Waals surface area contributed by atoms with E-state index >= 15 is 0 Å². The average molecular weight is 241 g/mol. The Balaban J connectivity index is 3.45. The number of benzene rings is 1. The predicted molar refractivity (Wildman–Crippen MR) is 67.5 cm³/mol. The number of nitrogens with zero attached hydrogens (tertiary/aromatic N) is 1. The van der Waals surface area contributed by atoms with Gasteiger partial charge in [0.05, 0.1) is 20.6 Å². The molecule has 0 aromatic heterocycles. The zero-order chi connectivity index (χ0) is 13.4. The fourth-order valence-electron chi connectivity index (χ4n) is 1.17. The molecule has 1 aromatic rings. The summed E-state index contributed by atoms with van der Waals surface area (Å²) in [5.74, 6) is 0. The second kappa shape index (κ2) is 4.42. The van der Waals surface area contributed by atoms with Gasteiger partial charge in [0.2, 0.25) is 0 Å². The molecule has 0 atom stereocenters. The van der Waals surface area contributed by atoms with E-state index in [1.165, 1.54) is 6.07 Å². The Morgan fingerprint density at radius 3 is 2.00 bits per heavy atom. The summed E-state index contributed by atoms with van der Waals surface area (Å²) >= 11 is 5.63. The largest absolute Gasteiger partial charge is 0.405 e. The molecule has 78 valence electrons. The van der Waals surface area contributed by atoms with Crippen molar-refractivity contribution >= 4 is 48.7 Å². The number of halogens is 1. The van der Waals surface area contributed by atoms with Gasteiger partial charge in [0.1, 0.15) is 15.7 Å². The van der Waals surface area contributed by atoms with Gasteiger partial charge >= 0.3 is 0 Å². The van der Waals surface area contributed by atoms with Crippen molar-refractivity contribution in [2.75, 3.05) is 0 Å². The van der Waals surface area contributed by atoms with Crippen LogP contribution in [0.3, 0.4) is 0 Å². The molecule has 0 heterocycles. The van der Waals surface area contributed by atoms with Gasteiger partial charge in [-0.2, -0.15) is 0 Å². The summed E-state index contributed by atoms with van der Waals surface area (Å²) in [7, 11) is 21.2. The minimum absolute atomic E-state index is 0.0118. The van der Waals surface area contributed by atoms with Crippen molar-refractivity contribution in [3.05, 3.63) is 39.4 Å². The number of hydrogen-bond donors (Lipinski definition) is 1. The molecular weight excluding hydrogens is 237 g/mol.